The molecule has 5 heteroatoms. The highest BCUT2D eigenvalue weighted by Crippen LogP contribution is 2.35. The maximum atomic E-state index is 6.27. The van der Waals surface area contributed by atoms with Crippen molar-refractivity contribution in [3.63, 3.8) is 0 Å². The van der Waals surface area contributed by atoms with E-state index in [1.165, 1.54) is 0 Å². The topological polar surface area (TPSA) is 28.7 Å². The second kappa shape index (κ2) is 6.33. The lowest BCUT2D eigenvalue weighted by Crippen LogP contribution is -1.90. The van der Waals surface area contributed by atoms with Gasteiger partial charge in [-0.25, -0.2) is 4.98 Å². The first-order valence-electron chi connectivity index (χ1n) is 6.79. The van der Waals surface area contributed by atoms with E-state index in [-0.39, 0.29) is 0 Å². The molecule has 22 heavy (non-hydrogen) atoms. The maximum Gasteiger partial charge on any atom is 0.111 e. The van der Waals surface area contributed by atoms with Crippen LogP contribution >= 0.6 is 34.8 Å². The molecule has 3 aromatic rings. The molecule has 0 aliphatic rings. The minimum atomic E-state index is 0.597. The van der Waals surface area contributed by atoms with Crippen LogP contribution in [-0.4, -0.2) is 9.97 Å². The van der Waals surface area contributed by atoms with Crippen LogP contribution in [0.4, 0.5) is 0 Å². The Balaban J connectivity index is 1.96. The summed E-state index contributed by atoms with van der Waals surface area (Å²) in [5.41, 5.74) is 3.63. The van der Waals surface area contributed by atoms with Crippen molar-refractivity contribution < 1.29 is 0 Å². The number of rotatable bonds is 3. The van der Waals surface area contributed by atoms with Crippen LogP contribution in [0.2, 0.25) is 15.1 Å². The molecule has 0 aliphatic heterocycles. The number of hydrogen-bond acceptors (Lipinski definition) is 1. The van der Waals surface area contributed by atoms with Crippen LogP contribution in [0.1, 0.15) is 17.1 Å². The van der Waals surface area contributed by atoms with E-state index in [1.54, 1.807) is 0 Å². The molecule has 0 aliphatic carbocycles. The fourth-order valence-corrected chi connectivity index (χ4v) is 3.07. The Kier molecular flexibility index (Phi) is 4.44. The number of benzene rings is 2. The summed E-state index contributed by atoms with van der Waals surface area (Å²) in [5.74, 6) is 0.866. The molecule has 0 saturated heterocycles. The average Bonchev–Trinajstić information content (AvgIpc) is 2.82. The summed E-state index contributed by atoms with van der Waals surface area (Å²) in [6.45, 7) is 1.97. The smallest absolute Gasteiger partial charge is 0.111 e. The highest BCUT2D eigenvalue weighted by atomic mass is 35.5. The summed E-state index contributed by atoms with van der Waals surface area (Å²) in [7, 11) is 0. The Morgan fingerprint density at radius 3 is 2.23 bits per heavy atom. The van der Waals surface area contributed by atoms with Gasteiger partial charge in [-0.1, -0.05) is 53.0 Å². The summed E-state index contributed by atoms with van der Waals surface area (Å²) in [4.78, 5) is 7.96. The molecule has 1 heterocycles. The Labute approximate surface area is 144 Å². The van der Waals surface area contributed by atoms with Crippen molar-refractivity contribution in [1.82, 2.24) is 9.97 Å². The van der Waals surface area contributed by atoms with Gasteiger partial charge in [0.2, 0.25) is 0 Å². The third-order valence-corrected chi connectivity index (χ3v) is 4.30. The van der Waals surface area contributed by atoms with Crippen LogP contribution in [0.15, 0.2) is 42.5 Å². The lowest BCUT2D eigenvalue weighted by atomic mass is 10.1. The fraction of sp³-hybridized carbons (Fsp3) is 0.118. The third-order valence-electron chi connectivity index (χ3n) is 3.42. The van der Waals surface area contributed by atoms with Crippen molar-refractivity contribution >= 4 is 34.8 Å². The average molecular weight is 352 g/mol. The van der Waals surface area contributed by atoms with Gasteiger partial charge in [-0.05, 0) is 36.8 Å². The Hall–Kier alpha value is -1.48. The minimum Gasteiger partial charge on any atom is -0.345 e. The first-order chi connectivity index (χ1) is 10.5. The van der Waals surface area contributed by atoms with Crippen LogP contribution in [0.25, 0.3) is 11.3 Å². The Morgan fingerprint density at radius 2 is 1.59 bits per heavy atom. The molecule has 1 N–H and O–H groups in total. The molecule has 2 aromatic carbocycles. The van der Waals surface area contributed by atoms with Gasteiger partial charge in [0, 0.05) is 22.7 Å². The zero-order valence-corrected chi connectivity index (χ0v) is 14.1. The van der Waals surface area contributed by atoms with Crippen molar-refractivity contribution in [2.75, 3.05) is 0 Å². The largest absolute Gasteiger partial charge is 0.345 e. The van der Waals surface area contributed by atoms with Gasteiger partial charge in [-0.3, -0.25) is 0 Å². The van der Waals surface area contributed by atoms with E-state index >= 15 is 0 Å². The van der Waals surface area contributed by atoms with Crippen LogP contribution in [0.5, 0.6) is 0 Å². The molecule has 3 rings (SSSR count). The van der Waals surface area contributed by atoms with Gasteiger partial charge in [0.15, 0.2) is 0 Å². The zero-order valence-electron chi connectivity index (χ0n) is 11.8. The van der Waals surface area contributed by atoms with Crippen LogP contribution in [0.3, 0.4) is 0 Å². The van der Waals surface area contributed by atoms with E-state index in [1.807, 2.05) is 49.4 Å². The summed E-state index contributed by atoms with van der Waals surface area (Å²) in [6, 6.07) is 13.2. The molecule has 0 radical (unpaired) electrons. The fourth-order valence-electron chi connectivity index (χ4n) is 2.37. The summed E-state index contributed by atoms with van der Waals surface area (Å²) in [5, 5.41) is 1.92. The van der Waals surface area contributed by atoms with E-state index in [9.17, 15) is 0 Å². The quantitative estimate of drug-likeness (QED) is 0.622. The van der Waals surface area contributed by atoms with Crippen molar-refractivity contribution in [2.24, 2.45) is 0 Å². The second-order valence-electron chi connectivity index (χ2n) is 5.06. The number of aryl methyl sites for hydroxylation is 1. The van der Waals surface area contributed by atoms with Gasteiger partial charge >= 0.3 is 0 Å². The molecule has 2 nitrogen and oxygen atoms in total. The number of hydrogen-bond donors (Lipinski definition) is 1. The number of aromatic nitrogens is 2. The molecule has 0 unspecified atom stereocenters. The number of halogens is 3. The molecular formula is C17H13Cl3N2. The number of nitrogens with zero attached hydrogens (tertiary/aromatic N) is 1. The number of aromatic amines is 1. The van der Waals surface area contributed by atoms with E-state index in [0.29, 0.717) is 16.5 Å². The molecule has 0 fully saturated rings. The van der Waals surface area contributed by atoms with Gasteiger partial charge in [-0.15, -0.1) is 0 Å². The van der Waals surface area contributed by atoms with Crippen LogP contribution < -0.4 is 0 Å². The Bertz CT molecular complexity index is 787. The van der Waals surface area contributed by atoms with Crippen LogP contribution in [-0.2, 0) is 6.42 Å². The van der Waals surface area contributed by atoms with E-state index in [0.717, 1.165) is 33.4 Å². The lowest BCUT2D eigenvalue weighted by molar-refractivity contribution is 1.02. The molecule has 0 spiro atoms. The van der Waals surface area contributed by atoms with E-state index in [4.69, 9.17) is 34.8 Å². The SMILES string of the molecule is Cc1[nH]c(Cc2ccc(Cl)cc2)nc1-c1c(Cl)cccc1Cl. The number of nitrogens with one attached hydrogen (secondary N) is 1. The van der Waals surface area contributed by atoms with Gasteiger partial charge in [0.1, 0.15) is 5.82 Å². The summed E-state index contributed by atoms with van der Waals surface area (Å²) in [6.07, 6.45) is 0.695. The predicted molar refractivity (Wildman–Crippen MR) is 93.0 cm³/mol. The standard InChI is InChI=1S/C17H13Cl3N2/c1-10-17(16-13(19)3-2-4-14(16)20)22-15(21-10)9-11-5-7-12(18)8-6-11/h2-8H,9H2,1H3,(H,21,22). The highest BCUT2D eigenvalue weighted by molar-refractivity contribution is 6.39. The van der Waals surface area contributed by atoms with E-state index in [2.05, 4.69) is 9.97 Å². The van der Waals surface area contributed by atoms with Gasteiger partial charge < -0.3 is 4.98 Å². The van der Waals surface area contributed by atoms with Crippen molar-refractivity contribution in [3.8, 4) is 11.3 Å². The molecule has 0 amide bonds. The maximum absolute atomic E-state index is 6.27. The van der Waals surface area contributed by atoms with E-state index < -0.39 is 0 Å². The Morgan fingerprint density at radius 1 is 0.955 bits per heavy atom. The zero-order chi connectivity index (χ0) is 15.7. The molecule has 0 atom stereocenters. The van der Waals surface area contributed by atoms with Gasteiger partial charge in [0.25, 0.3) is 0 Å². The monoisotopic (exact) mass is 350 g/mol. The summed E-state index contributed by atoms with van der Waals surface area (Å²) < 4.78 is 0. The predicted octanol–water partition coefficient (Wildman–Crippen LogP) is 5.94. The third kappa shape index (κ3) is 3.14. The van der Waals surface area contributed by atoms with Crippen molar-refractivity contribution in [2.45, 2.75) is 13.3 Å². The van der Waals surface area contributed by atoms with Gasteiger partial charge in [0.05, 0.1) is 15.7 Å². The molecule has 0 saturated carbocycles. The summed E-state index contributed by atoms with van der Waals surface area (Å²) >= 11 is 18.4. The number of H-pyrrole nitrogens is 1. The van der Waals surface area contributed by atoms with Crippen LogP contribution in [0, 0.1) is 6.92 Å². The molecule has 0 bridgehead atoms. The van der Waals surface area contributed by atoms with Crippen molar-refractivity contribution in [1.29, 1.82) is 0 Å². The lowest BCUT2D eigenvalue weighted by Gasteiger charge is -2.04. The molecule has 1 aromatic heterocycles. The first kappa shape index (κ1) is 15.4. The highest BCUT2D eigenvalue weighted by Gasteiger charge is 2.15. The molecule has 112 valence electrons. The minimum absolute atomic E-state index is 0.597. The second-order valence-corrected chi connectivity index (χ2v) is 6.31. The number of imidazole rings is 1. The normalized spacial score (nSPS) is 10.9. The first-order valence-corrected chi connectivity index (χ1v) is 7.92. The molecular weight excluding hydrogens is 339 g/mol. The van der Waals surface area contributed by atoms with Crippen molar-refractivity contribution in [3.05, 3.63) is 74.6 Å². The van der Waals surface area contributed by atoms with Gasteiger partial charge in [-0.2, -0.15) is 0 Å².